The molecule has 2 aromatic rings. The molecule has 2 aliphatic heterocycles. The molecule has 3 atom stereocenters. The average Bonchev–Trinajstić information content (AvgIpc) is 2.80. The first-order valence-corrected chi connectivity index (χ1v) is 11.2. The fraction of sp³-hybridized carbons (Fsp3) is 0.435. The minimum Gasteiger partial charge on any atom is -0.378 e. The van der Waals surface area contributed by atoms with E-state index in [0.717, 1.165) is 22.7 Å². The number of carbonyl (C=O) groups is 2. The van der Waals surface area contributed by atoms with Gasteiger partial charge < -0.3 is 15.0 Å². The molecule has 31 heavy (non-hydrogen) atoms. The lowest BCUT2D eigenvalue weighted by molar-refractivity contribution is -0.124. The van der Waals surface area contributed by atoms with Crippen molar-refractivity contribution in [1.82, 2.24) is 10.3 Å². The number of carbonyl (C=O) groups excluding carboxylic acids is 2. The first kappa shape index (κ1) is 20.3. The summed E-state index contributed by atoms with van der Waals surface area (Å²) in [6.45, 7) is 2.67. The molecule has 3 fully saturated rings. The molecule has 3 amide bonds. The highest BCUT2D eigenvalue weighted by Gasteiger charge is 2.46. The molecule has 3 unspecified atom stereocenters. The van der Waals surface area contributed by atoms with Crippen molar-refractivity contribution < 1.29 is 14.3 Å². The van der Waals surface area contributed by atoms with Crippen LogP contribution >= 0.6 is 11.6 Å². The zero-order chi connectivity index (χ0) is 21.4. The normalized spacial score (nSPS) is 26.4. The molecule has 1 saturated carbocycles. The third kappa shape index (κ3) is 3.77. The van der Waals surface area contributed by atoms with Crippen molar-refractivity contribution in [2.24, 2.45) is 5.92 Å². The molecule has 1 aliphatic carbocycles. The Morgan fingerprint density at radius 1 is 1.06 bits per heavy atom. The van der Waals surface area contributed by atoms with Gasteiger partial charge in [0.1, 0.15) is 0 Å². The predicted octanol–water partition coefficient (Wildman–Crippen LogP) is 3.58. The predicted molar refractivity (Wildman–Crippen MR) is 119 cm³/mol. The molecule has 3 heterocycles. The van der Waals surface area contributed by atoms with Crippen LogP contribution in [-0.2, 0) is 9.53 Å². The Bertz CT molecular complexity index is 994. The zero-order valence-electron chi connectivity index (χ0n) is 17.2. The third-order valence-electron chi connectivity index (χ3n) is 6.62. The summed E-state index contributed by atoms with van der Waals surface area (Å²) in [5, 5.41) is 3.84. The van der Waals surface area contributed by atoms with Gasteiger partial charge >= 0.3 is 6.03 Å². The SMILES string of the molecule is O=C1NC2CC(c3ccccc3Cl)CCC2C(=O)N1c1cnccc1N1CCOCC1. The molecule has 0 bridgehead atoms. The number of ether oxygens (including phenoxy) is 1. The molecule has 8 heteroatoms. The molecular weight excluding hydrogens is 416 g/mol. The maximum Gasteiger partial charge on any atom is 0.329 e. The van der Waals surface area contributed by atoms with Crippen LogP contribution in [0.5, 0.6) is 0 Å². The van der Waals surface area contributed by atoms with Gasteiger partial charge in [-0.05, 0) is 42.9 Å². The van der Waals surface area contributed by atoms with Gasteiger partial charge in [-0.2, -0.15) is 0 Å². The molecule has 1 aromatic heterocycles. The van der Waals surface area contributed by atoms with Gasteiger partial charge in [0, 0.05) is 30.4 Å². The number of imide groups is 1. The maximum absolute atomic E-state index is 13.5. The Labute approximate surface area is 186 Å². The molecule has 2 saturated heterocycles. The van der Waals surface area contributed by atoms with E-state index < -0.39 is 0 Å². The van der Waals surface area contributed by atoms with E-state index in [-0.39, 0.29) is 29.8 Å². The Hall–Kier alpha value is -2.64. The van der Waals surface area contributed by atoms with Crippen molar-refractivity contribution in [3.05, 3.63) is 53.3 Å². The molecule has 5 rings (SSSR count). The number of urea groups is 1. The topological polar surface area (TPSA) is 74.8 Å². The number of hydrogen-bond acceptors (Lipinski definition) is 5. The van der Waals surface area contributed by atoms with Crippen molar-refractivity contribution in [2.45, 2.75) is 31.2 Å². The summed E-state index contributed by atoms with van der Waals surface area (Å²) >= 11 is 6.40. The van der Waals surface area contributed by atoms with E-state index >= 15 is 0 Å². The van der Waals surface area contributed by atoms with Gasteiger partial charge in [-0.25, -0.2) is 9.69 Å². The van der Waals surface area contributed by atoms with Crippen LogP contribution < -0.4 is 15.1 Å². The number of anilines is 2. The van der Waals surface area contributed by atoms with E-state index in [1.165, 1.54) is 4.90 Å². The molecule has 1 N–H and O–H groups in total. The number of halogens is 1. The Kier molecular flexibility index (Phi) is 5.54. The van der Waals surface area contributed by atoms with Crippen molar-refractivity contribution >= 4 is 34.9 Å². The van der Waals surface area contributed by atoms with Gasteiger partial charge in [-0.15, -0.1) is 0 Å². The number of fused-ring (bicyclic) bond motifs is 1. The second-order valence-electron chi connectivity index (χ2n) is 8.33. The summed E-state index contributed by atoms with van der Waals surface area (Å²) < 4.78 is 5.45. The number of hydrogen-bond donors (Lipinski definition) is 1. The third-order valence-corrected chi connectivity index (χ3v) is 6.96. The fourth-order valence-electron chi connectivity index (χ4n) is 5.05. The van der Waals surface area contributed by atoms with Crippen LogP contribution in [0.25, 0.3) is 0 Å². The molecule has 162 valence electrons. The number of aromatic nitrogens is 1. The minimum atomic E-state index is -0.381. The number of pyridine rings is 1. The number of rotatable bonds is 3. The number of nitrogens with zero attached hydrogens (tertiary/aromatic N) is 3. The molecule has 3 aliphatic rings. The van der Waals surface area contributed by atoms with Crippen molar-refractivity contribution in [1.29, 1.82) is 0 Å². The van der Waals surface area contributed by atoms with Crippen molar-refractivity contribution in [2.75, 3.05) is 36.1 Å². The van der Waals surface area contributed by atoms with Crippen LogP contribution in [0.1, 0.15) is 30.7 Å². The Morgan fingerprint density at radius 3 is 2.68 bits per heavy atom. The van der Waals surface area contributed by atoms with E-state index in [2.05, 4.69) is 15.2 Å². The van der Waals surface area contributed by atoms with Crippen LogP contribution in [0.4, 0.5) is 16.2 Å². The zero-order valence-corrected chi connectivity index (χ0v) is 17.9. The maximum atomic E-state index is 13.5. The molecule has 0 spiro atoms. The largest absolute Gasteiger partial charge is 0.378 e. The van der Waals surface area contributed by atoms with Gasteiger partial charge in [0.2, 0.25) is 5.91 Å². The lowest BCUT2D eigenvalue weighted by atomic mass is 9.74. The van der Waals surface area contributed by atoms with Crippen LogP contribution in [0.15, 0.2) is 42.7 Å². The lowest BCUT2D eigenvalue weighted by Gasteiger charge is -2.43. The monoisotopic (exact) mass is 440 g/mol. The number of benzene rings is 1. The number of nitrogens with one attached hydrogen (secondary N) is 1. The summed E-state index contributed by atoms with van der Waals surface area (Å²) in [4.78, 5) is 34.2. The smallest absolute Gasteiger partial charge is 0.329 e. The first-order valence-electron chi connectivity index (χ1n) is 10.8. The molecule has 0 radical (unpaired) electrons. The summed E-state index contributed by atoms with van der Waals surface area (Å²) in [7, 11) is 0. The second-order valence-corrected chi connectivity index (χ2v) is 8.74. The Balaban J connectivity index is 1.39. The number of amides is 3. The molecular formula is C23H25ClN4O3. The highest BCUT2D eigenvalue weighted by atomic mass is 35.5. The quantitative estimate of drug-likeness (QED) is 0.789. The van der Waals surface area contributed by atoms with Gasteiger partial charge in [0.05, 0.1) is 36.7 Å². The van der Waals surface area contributed by atoms with Crippen LogP contribution in [0, 0.1) is 5.92 Å². The first-order chi connectivity index (χ1) is 15.1. The van der Waals surface area contributed by atoms with Crippen LogP contribution in [-0.4, -0.2) is 49.3 Å². The summed E-state index contributed by atoms with van der Waals surface area (Å²) in [6, 6.07) is 9.13. The van der Waals surface area contributed by atoms with Gasteiger partial charge in [-0.1, -0.05) is 29.8 Å². The van der Waals surface area contributed by atoms with E-state index in [1.54, 1.807) is 12.4 Å². The summed E-state index contributed by atoms with van der Waals surface area (Å²) in [6.07, 6.45) is 5.59. The van der Waals surface area contributed by atoms with Gasteiger partial charge in [0.15, 0.2) is 0 Å². The van der Waals surface area contributed by atoms with E-state index in [0.29, 0.717) is 44.8 Å². The Morgan fingerprint density at radius 2 is 1.87 bits per heavy atom. The average molecular weight is 441 g/mol. The van der Waals surface area contributed by atoms with Crippen LogP contribution in [0.2, 0.25) is 5.02 Å². The van der Waals surface area contributed by atoms with Crippen LogP contribution in [0.3, 0.4) is 0 Å². The lowest BCUT2D eigenvalue weighted by Crippen LogP contribution is -2.61. The van der Waals surface area contributed by atoms with Crippen molar-refractivity contribution in [3.63, 3.8) is 0 Å². The van der Waals surface area contributed by atoms with E-state index in [1.807, 2.05) is 30.3 Å². The van der Waals surface area contributed by atoms with E-state index in [4.69, 9.17) is 16.3 Å². The summed E-state index contributed by atoms with van der Waals surface area (Å²) in [5.41, 5.74) is 2.47. The minimum absolute atomic E-state index is 0.145. The summed E-state index contributed by atoms with van der Waals surface area (Å²) in [5.74, 6) is -0.153. The second kappa shape index (κ2) is 8.48. The highest BCUT2D eigenvalue weighted by Crippen LogP contribution is 2.42. The van der Waals surface area contributed by atoms with Gasteiger partial charge in [-0.3, -0.25) is 9.78 Å². The fourth-order valence-corrected chi connectivity index (χ4v) is 5.34. The number of morpholine rings is 1. The molecule has 1 aromatic carbocycles. The van der Waals surface area contributed by atoms with E-state index in [9.17, 15) is 9.59 Å². The van der Waals surface area contributed by atoms with Crippen molar-refractivity contribution in [3.8, 4) is 0 Å². The standard InChI is InChI=1S/C23H25ClN4O3/c24-18-4-2-1-3-16(18)15-5-6-17-19(13-15)26-23(30)28(22(17)29)21-14-25-8-7-20(21)27-9-11-31-12-10-27/h1-4,7-8,14-15,17,19H,5-6,9-13H2,(H,26,30). The molecule has 7 nitrogen and oxygen atoms in total. The van der Waals surface area contributed by atoms with Gasteiger partial charge in [0.25, 0.3) is 0 Å². The highest BCUT2D eigenvalue weighted by molar-refractivity contribution is 6.31.